The summed E-state index contributed by atoms with van der Waals surface area (Å²) < 4.78 is 41.3. The highest BCUT2D eigenvalue weighted by molar-refractivity contribution is 5.85. The van der Waals surface area contributed by atoms with Gasteiger partial charge in [0.05, 0.1) is 5.56 Å². The van der Waals surface area contributed by atoms with Crippen molar-refractivity contribution in [3.05, 3.63) is 35.5 Å². The number of benzene rings is 1. The van der Waals surface area contributed by atoms with E-state index in [-0.39, 0.29) is 17.5 Å². The van der Waals surface area contributed by atoms with Crippen molar-refractivity contribution in [1.82, 2.24) is 9.88 Å². The number of rotatable bonds is 3. The highest BCUT2D eigenvalue weighted by Gasteiger charge is 2.33. The number of aromatic nitrogens is 1. The van der Waals surface area contributed by atoms with Crippen molar-refractivity contribution in [1.29, 1.82) is 0 Å². The molecule has 1 aromatic carbocycles. The van der Waals surface area contributed by atoms with Gasteiger partial charge in [-0.15, -0.1) is 0 Å². The predicted octanol–water partition coefficient (Wildman–Crippen LogP) is 4.52. The summed E-state index contributed by atoms with van der Waals surface area (Å²) in [6, 6.07) is 6.10. The van der Waals surface area contributed by atoms with Crippen LogP contribution in [-0.4, -0.2) is 11.6 Å². The molecule has 110 valence electrons. The van der Waals surface area contributed by atoms with Gasteiger partial charge in [-0.05, 0) is 46.0 Å². The Balaban J connectivity index is 2.80. The van der Waals surface area contributed by atoms with Crippen molar-refractivity contribution in [2.24, 2.45) is 0 Å². The summed E-state index contributed by atoms with van der Waals surface area (Å²) in [6.07, 6.45) is -4.33. The zero-order chi connectivity index (χ0) is 15.1. The molecule has 1 heterocycles. The third-order valence-corrected chi connectivity index (χ3v) is 3.61. The minimum atomic E-state index is -4.33. The first-order chi connectivity index (χ1) is 9.27. The molecule has 1 N–H and O–H groups in total. The molecule has 0 amide bonds. The lowest BCUT2D eigenvalue weighted by atomic mass is 10.1. The first-order valence-corrected chi connectivity index (χ1v) is 6.65. The Morgan fingerprint density at radius 1 is 1.15 bits per heavy atom. The molecule has 0 saturated heterocycles. The summed E-state index contributed by atoms with van der Waals surface area (Å²) in [5.74, 6) is 0. The number of hydrogen-bond donors (Lipinski definition) is 1. The van der Waals surface area contributed by atoms with Crippen LogP contribution in [0.15, 0.2) is 24.3 Å². The largest absolute Gasteiger partial charge is 0.417 e. The molecule has 5 heteroatoms. The quantitative estimate of drug-likeness (QED) is 0.876. The molecule has 0 saturated carbocycles. The van der Waals surface area contributed by atoms with Gasteiger partial charge < -0.3 is 9.88 Å². The maximum atomic E-state index is 13.1. The molecule has 1 atom stereocenters. The van der Waals surface area contributed by atoms with E-state index in [9.17, 15) is 13.2 Å². The van der Waals surface area contributed by atoms with Crippen molar-refractivity contribution in [3.8, 4) is 0 Å². The van der Waals surface area contributed by atoms with Crippen molar-refractivity contribution in [3.63, 3.8) is 0 Å². The maximum Gasteiger partial charge on any atom is 0.417 e. The summed E-state index contributed by atoms with van der Waals surface area (Å²) >= 11 is 0. The van der Waals surface area contributed by atoms with Crippen LogP contribution in [0.2, 0.25) is 0 Å². The van der Waals surface area contributed by atoms with E-state index in [1.54, 1.807) is 19.2 Å². The lowest BCUT2D eigenvalue weighted by Crippen LogP contribution is -2.17. The molecule has 2 nitrogen and oxygen atoms in total. The summed E-state index contributed by atoms with van der Waals surface area (Å²) in [5, 5.41) is 3.36. The van der Waals surface area contributed by atoms with Crippen LogP contribution >= 0.6 is 0 Å². The monoisotopic (exact) mass is 284 g/mol. The molecule has 0 aliphatic rings. The SMILES string of the molecule is CNC(C)c1cc2c(C(F)(F)F)cccc2n1C(C)C. The Morgan fingerprint density at radius 2 is 1.80 bits per heavy atom. The van der Waals surface area contributed by atoms with Gasteiger partial charge in [0.25, 0.3) is 0 Å². The fraction of sp³-hybridized carbons (Fsp3) is 0.467. The van der Waals surface area contributed by atoms with Crippen LogP contribution in [0.25, 0.3) is 10.9 Å². The third-order valence-electron chi connectivity index (χ3n) is 3.61. The van der Waals surface area contributed by atoms with E-state index in [0.717, 1.165) is 11.8 Å². The predicted molar refractivity (Wildman–Crippen MR) is 74.8 cm³/mol. The summed E-state index contributed by atoms with van der Waals surface area (Å²) in [7, 11) is 1.80. The van der Waals surface area contributed by atoms with E-state index < -0.39 is 11.7 Å². The van der Waals surface area contributed by atoms with Crippen LogP contribution in [-0.2, 0) is 6.18 Å². The molecular weight excluding hydrogens is 265 g/mol. The van der Waals surface area contributed by atoms with E-state index in [1.807, 2.05) is 25.3 Å². The second-order valence-electron chi connectivity index (χ2n) is 5.28. The molecule has 2 rings (SSSR count). The standard InChI is InChI=1S/C15H19F3N2/c1-9(2)20-13-7-5-6-12(15(16,17)18)11(13)8-14(20)10(3)19-4/h5-10,19H,1-4H3. The van der Waals surface area contributed by atoms with Crippen molar-refractivity contribution < 1.29 is 13.2 Å². The molecule has 0 spiro atoms. The van der Waals surface area contributed by atoms with Crippen molar-refractivity contribution >= 4 is 10.9 Å². The van der Waals surface area contributed by atoms with Gasteiger partial charge in [0.2, 0.25) is 0 Å². The molecule has 0 aliphatic heterocycles. The van der Waals surface area contributed by atoms with Gasteiger partial charge in [-0.3, -0.25) is 0 Å². The Hall–Kier alpha value is -1.49. The molecule has 2 aromatic rings. The van der Waals surface area contributed by atoms with Gasteiger partial charge in [-0.25, -0.2) is 0 Å². The average Bonchev–Trinajstić information content (AvgIpc) is 2.75. The van der Waals surface area contributed by atoms with Crippen LogP contribution < -0.4 is 5.32 Å². The van der Waals surface area contributed by atoms with Gasteiger partial charge in [-0.2, -0.15) is 13.2 Å². The second-order valence-corrected chi connectivity index (χ2v) is 5.28. The van der Waals surface area contributed by atoms with Gasteiger partial charge in [0, 0.05) is 28.7 Å². The molecule has 0 fully saturated rings. The number of hydrogen-bond acceptors (Lipinski definition) is 1. The first-order valence-electron chi connectivity index (χ1n) is 6.65. The van der Waals surface area contributed by atoms with Crippen LogP contribution in [0.5, 0.6) is 0 Å². The first kappa shape index (κ1) is 14.9. The molecule has 20 heavy (non-hydrogen) atoms. The fourth-order valence-electron chi connectivity index (χ4n) is 2.58. The number of halogens is 3. The number of nitrogens with one attached hydrogen (secondary N) is 1. The topological polar surface area (TPSA) is 17.0 Å². The second kappa shape index (κ2) is 5.13. The van der Waals surface area contributed by atoms with Crippen LogP contribution in [0.1, 0.15) is 44.1 Å². The number of fused-ring (bicyclic) bond motifs is 1. The molecule has 0 bridgehead atoms. The van der Waals surface area contributed by atoms with Gasteiger partial charge >= 0.3 is 6.18 Å². The number of alkyl halides is 3. The Morgan fingerprint density at radius 3 is 2.30 bits per heavy atom. The minimum Gasteiger partial charge on any atom is -0.341 e. The van der Waals surface area contributed by atoms with E-state index in [0.29, 0.717) is 5.52 Å². The minimum absolute atomic E-state index is 0.00844. The molecule has 1 aromatic heterocycles. The van der Waals surface area contributed by atoms with Crippen LogP contribution in [0.3, 0.4) is 0 Å². The third kappa shape index (κ3) is 2.42. The lowest BCUT2D eigenvalue weighted by Gasteiger charge is -2.19. The highest BCUT2D eigenvalue weighted by atomic mass is 19.4. The van der Waals surface area contributed by atoms with E-state index >= 15 is 0 Å². The molecule has 1 unspecified atom stereocenters. The van der Waals surface area contributed by atoms with Crippen molar-refractivity contribution in [2.75, 3.05) is 7.05 Å². The smallest absolute Gasteiger partial charge is 0.341 e. The van der Waals surface area contributed by atoms with Gasteiger partial charge in [0.1, 0.15) is 0 Å². The Bertz CT molecular complexity index is 611. The van der Waals surface area contributed by atoms with E-state index in [1.165, 1.54) is 6.07 Å². The lowest BCUT2D eigenvalue weighted by molar-refractivity contribution is -0.136. The summed E-state index contributed by atoms with van der Waals surface area (Å²) in [4.78, 5) is 0. The summed E-state index contributed by atoms with van der Waals surface area (Å²) in [6.45, 7) is 5.90. The number of nitrogens with zero attached hydrogens (tertiary/aromatic N) is 1. The average molecular weight is 284 g/mol. The van der Waals surface area contributed by atoms with Crippen molar-refractivity contribution in [2.45, 2.75) is 39.0 Å². The molecule has 0 aliphatic carbocycles. The zero-order valence-corrected chi connectivity index (χ0v) is 12.0. The Kier molecular flexibility index (Phi) is 3.82. The normalized spacial score (nSPS) is 14.2. The summed E-state index contributed by atoms with van der Waals surface area (Å²) in [5.41, 5.74) is 0.931. The Labute approximate surface area is 116 Å². The molecular formula is C15H19F3N2. The highest BCUT2D eigenvalue weighted by Crippen LogP contribution is 2.38. The maximum absolute atomic E-state index is 13.1. The van der Waals surface area contributed by atoms with Crippen LogP contribution in [0.4, 0.5) is 13.2 Å². The molecule has 0 radical (unpaired) electrons. The van der Waals surface area contributed by atoms with Gasteiger partial charge in [-0.1, -0.05) is 6.07 Å². The van der Waals surface area contributed by atoms with E-state index in [4.69, 9.17) is 0 Å². The zero-order valence-electron chi connectivity index (χ0n) is 12.0. The fourth-order valence-corrected chi connectivity index (χ4v) is 2.58. The van der Waals surface area contributed by atoms with E-state index in [2.05, 4.69) is 5.32 Å². The van der Waals surface area contributed by atoms with Gasteiger partial charge in [0.15, 0.2) is 0 Å². The van der Waals surface area contributed by atoms with Crippen LogP contribution in [0, 0.1) is 0 Å².